The first kappa shape index (κ1) is 19.5. The second-order valence-corrected chi connectivity index (χ2v) is 5.96. The van der Waals surface area contributed by atoms with E-state index in [0.29, 0.717) is 17.1 Å². The van der Waals surface area contributed by atoms with Gasteiger partial charge in [0.15, 0.2) is 0 Å². The van der Waals surface area contributed by atoms with Gasteiger partial charge in [-0.15, -0.1) is 0 Å². The number of amides is 1. The van der Waals surface area contributed by atoms with Crippen LogP contribution in [0.25, 0.3) is 0 Å². The van der Waals surface area contributed by atoms with Crippen LogP contribution < -0.4 is 10.1 Å². The van der Waals surface area contributed by atoms with Crippen molar-refractivity contribution in [1.29, 1.82) is 0 Å². The molecular formula is C20H15N3O6. The van der Waals surface area contributed by atoms with Crippen LogP contribution in [0.5, 0.6) is 11.5 Å². The van der Waals surface area contributed by atoms with Gasteiger partial charge in [-0.25, -0.2) is 0 Å². The van der Waals surface area contributed by atoms with Gasteiger partial charge in [0.1, 0.15) is 11.5 Å². The number of rotatable bonds is 7. The maximum Gasteiger partial charge on any atom is 0.277 e. The quantitative estimate of drug-likeness (QED) is 0.473. The molecule has 0 aromatic heterocycles. The molecule has 0 atom stereocenters. The zero-order chi connectivity index (χ0) is 20.8. The van der Waals surface area contributed by atoms with Crippen molar-refractivity contribution < 1.29 is 19.4 Å². The molecule has 0 aliphatic heterocycles. The first-order chi connectivity index (χ1) is 13.9. The first-order valence-electron chi connectivity index (χ1n) is 8.47. The predicted octanol–water partition coefficient (Wildman–Crippen LogP) is 4.23. The molecule has 0 unspecified atom stereocenters. The second kappa shape index (κ2) is 8.61. The zero-order valence-corrected chi connectivity index (χ0v) is 15.0. The zero-order valence-electron chi connectivity index (χ0n) is 15.0. The number of carbonyl (C=O) groups excluding carboxylic acids is 1. The highest BCUT2D eigenvalue weighted by atomic mass is 16.6. The monoisotopic (exact) mass is 393 g/mol. The Bertz CT molecular complexity index is 1040. The van der Waals surface area contributed by atoms with E-state index >= 15 is 0 Å². The van der Waals surface area contributed by atoms with E-state index in [1.54, 1.807) is 36.4 Å². The molecule has 29 heavy (non-hydrogen) atoms. The van der Waals surface area contributed by atoms with Crippen LogP contribution in [-0.2, 0) is 6.54 Å². The average molecular weight is 393 g/mol. The van der Waals surface area contributed by atoms with Gasteiger partial charge in [-0.05, 0) is 18.2 Å². The SMILES string of the molecule is O=C(NCc1ccccc1Oc1ccccc1)c1cc([N+](=O)[O-])cc([N+](=O)[O-])c1. The number of hydrogen-bond acceptors (Lipinski definition) is 6. The third-order valence-electron chi connectivity index (χ3n) is 3.97. The molecule has 0 saturated carbocycles. The largest absolute Gasteiger partial charge is 0.457 e. The minimum Gasteiger partial charge on any atom is -0.457 e. The Morgan fingerprint density at radius 3 is 2.07 bits per heavy atom. The Morgan fingerprint density at radius 2 is 1.45 bits per heavy atom. The number of nitro benzene ring substituents is 2. The molecule has 3 aromatic carbocycles. The lowest BCUT2D eigenvalue weighted by Gasteiger charge is -2.12. The molecule has 1 N–H and O–H groups in total. The van der Waals surface area contributed by atoms with Gasteiger partial charge in [-0.1, -0.05) is 36.4 Å². The topological polar surface area (TPSA) is 125 Å². The van der Waals surface area contributed by atoms with E-state index in [-0.39, 0.29) is 12.1 Å². The van der Waals surface area contributed by atoms with Gasteiger partial charge in [-0.2, -0.15) is 0 Å². The molecule has 0 fully saturated rings. The number of nitrogens with zero attached hydrogens (tertiary/aromatic N) is 2. The Kier molecular flexibility index (Phi) is 5.79. The molecule has 0 bridgehead atoms. The summed E-state index contributed by atoms with van der Waals surface area (Å²) in [5.74, 6) is 0.482. The van der Waals surface area contributed by atoms with Crippen molar-refractivity contribution >= 4 is 17.3 Å². The molecule has 3 rings (SSSR count). The van der Waals surface area contributed by atoms with Gasteiger partial charge < -0.3 is 10.1 Å². The molecule has 0 spiro atoms. The molecule has 146 valence electrons. The van der Waals surface area contributed by atoms with Crippen molar-refractivity contribution in [2.24, 2.45) is 0 Å². The summed E-state index contributed by atoms with van der Waals surface area (Å²) in [6, 6.07) is 19.0. The number of carbonyl (C=O) groups is 1. The minimum absolute atomic E-state index is 0.0678. The lowest BCUT2D eigenvalue weighted by molar-refractivity contribution is -0.394. The van der Waals surface area contributed by atoms with Crippen molar-refractivity contribution in [2.45, 2.75) is 6.54 Å². The Labute approximate surface area is 164 Å². The van der Waals surface area contributed by atoms with Gasteiger partial charge in [0.25, 0.3) is 17.3 Å². The summed E-state index contributed by atoms with van der Waals surface area (Å²) < 4.78 is 5.82. The standard InChI is InChI=1S/C20H15N3O6/c24-20(15-10-16(22(25)26)12-17(11-15)23(27)28)21-13-14-6-4-5-9-19(14)29-18-7-2-1-3-8-18/h1-12H,13H2,(H,21,24). The molecule has 1 amide bonds. The van der Waals surface area contributed by atoms with Crippen molar-refractivity contribution in [3.63, 3.8) is 0 Å². The smallest absolute Gasteiger partial charge is 0.277 e. The van der Waals surface area contributed by atoms with Crippen LogP contribution in [-0.4, -0.2) is 15.8 Å². The number of nitro groups is 2. The summed E-state index contributed by atoms with van der Waals surface area (Å²) >= 11 is 0. The predicted molar refractivity (Wildman–Crippen MR) is 104 cm³/mol. The maximum atomic E-state index is 12.4. The van der Waals surface area contributed by atoms with Gasteiger partial charge in [0, 0.05) is 24.2 Å². The number of ether oxygens (including phenoxy) is 1. The summed E-state index contributed by atoms with van der Waals surface area (Å²) in [5.41, 5.74) is -0.564. The number of hydrogen-bond donors (Lipinski definition) is 1. The van der Waals surface area contributed by atoms with Crippen LogP contribution in [0.15, 0.2) is 72.8 Å². The number of benzene rings is 3. The molecule has 9 nitrogen and oxygen atoms in total. The third-order valence-corrected chi connectivity index (χ3v) is 3.97. The molecule has 0 aliphatic rings. The van der Waals surface area contributed by atoms with Gasteiger partial charge in [0.2, 0.25) is 0 Å². The highest BCUT2D eigenvalue weighted by Gasteiger charge is 2.20. The van der Waals surface area contributed by atoms with Crippen molar-refractivity contribution in [3.8, 4) is 11.5 Å². The lowest BCUT2D eigenvalue weighted by Crippen LogP contribution is -2.23. The second-order valence-electron chi connectivity index (χ2n) is 5.96. The minimum atomic E-state index is -0.785. The fourth-order valence-corrected chi connectivity index (χ4v) is 2.58. The van der Waals surface area contributed by atoms with E-state index in [1.807, 2.05) is 18.2 Å². The lowest BCUT2D eigenvalue weighted by atomic mass is 10.1. The number of para-hydroxylation sites is 2. The van der Waals surface area contributed by atoms with E-state index in [2.05, 4.69) is 5.32 Å². The van der Waals surface area contributed by atoms with E-state index in [1.165, 1.54) is 0 Å². The van der Waals surface area contributed by atoms with Crippen LogP contribution in [0.1, 0.15) is 15.9 Å². The van der Waals surface area contributed by atoms with Crippen LogP contribution in [0.3, 0.4) is 0 Å². The molecule has 0 radical (unpaired) electrons. The van der Waals surface area contributed by atoms with Crippen LogP contribution >= 0.6 is 0 Å². The number of non-ortho nitro benzene ring substituents is 2. The normalized spacial score (nSPS) is 10.2. The summed E-state index contributed by atoms with van der Waals surface area (Å²) in [4.78, 5) is 32.8. The van der Waals surface area contributed by atoms with E-state index in [4.69, 9.17) is 4.74 Å². The fourth-order valence-electron chi connectivity index (χ4n) is 2.58. The molecular weight excluding hydrogens is 378 g/mol. The Hall–Kier alpha value is -4.27. The molecule has 0 saturated heterocycles. The third kappa shape index (κ3) is 4.92. The van der Waals surface area contributed by atoms with Crippen LogP contribution in [0.2, 0.25) is 0 Å². The molecule has 3 aromatic rings. The highest BCUT2D eigenvalue weighted by molar-refractivity contribution is 5.95. The van der Waals surface area contributed by atoms with Gasteiger partial charge in [0.05, 0.1) is 21.5 Å². The fraction of sp³-hybridized carbons (Fsp3) is 0.0500. The highest BCUT2D eigenvalue weighted by Crippen LogP contribution is 2.26. The van der Waals surface area contributed by atoms with Crippen molar-refractivity contribution in [3.05, 3.63) is 104 Å². The molecule has 9 heteroatoms. The summed E-state index contributed by atoms with van der Waals surface area (Å²) in [6.07, 6.45) is 0. The Morgan fingerprint density at radius 1 is 0.862 bits per heavy atom. The van der Waals surface area contributed by atoms with Gasteiger partial charge >= 0.3 is 0 Å². The summed E-state index contributed by atoms with van der Waals surface area (Å²) in [5, 5.41) is 24.6. The maximum absolute atomic E-state index is 12.4. The Balaban J connectivity index is 1.78. The van der Waals surface area contributed by atoms with Crippen LogP contribution in [0.4, 0.5) is 11.4 Å². The molecule has 0 heterocycles. The molecule has 0 aliphatic carbocycles. The first-order valence-corrected chi connectivity index (χ1v) is 8.47. The van der Waals surface area contributed by atoms with Crippen molar-refractivity contribution in [1.82, 2.24) is 5.32 Å². The summed E-state index contributed by atoms with van der Waals surface area (Å²) in [7, 11) is 0. The summed E-state index contributed by atoms with van der Waals surface area (Å²) in [6.45, 7) is 0.0678. The van der Waals surface area contributed by atoms with Gasteiger partial charge in [-0.3, -0.25) is 25.0 Å². The van der Waals surface area contributed by atoms with Crippen molar-refractivity contribution in [2.75, 3.05) is 0 Å². The van der Waals surface area contributed by atoms with E-state index in [9.17, 15) is 25.0 Å². The van der Waals surface area contributed by atoms with Crippen LogP contribution in [0, 0.1) is 20.2 Å². The van der Waals surface area contributed by atoms with E-state index < -0.39 is 27.1 Å². The number of nitrogens with one attached hydrogen (secondary N) is 1. The van der Waals surface area contributed by atoms with E-state index in [0.717, 1.165) is 18.2 Å². The average Bonchev–Trinajstić information content (AvgIpc) is 2.73.